The van der Waals surface area contributed by atoms with Crippen molar-refractivity contribution in [2.45, 2.75) is 50.8 Å². The topological polar surface area (TPSA) is 94.5 Å². The highest BCUT2D eigenvalue weighted by atomic mass is 16.7. The largest absolute Gasteiger partial charge is 0.454 e. The van der Waals surface area contributed by atoms with Crippen LogP contribution in [0.15, 0.2) is 60.7 Å². The molecule has 156 valence electrons. The highest BCUT2D eigenvalue weighted by Gasteiger charge is 2.48. The molecular formula is C22H26O7. The molecule has 2 aromatic carbocycles. The molecule has 0 bridgehead atoms. The van der Waals surface area contributed by atoms with Gasteiger partial charge in [0.15, 0.2) is 12.4 Å². The van der Waals surface area contributed by atoms with Gasteiger partial charge in [0.05, 0.1) is 19.8 Å². The first-order valence-corrected chi connectivity index (χ1v) is 9.51. The van der Waals surface area contributed by atoms with Crippen LogP contribution in [0.25, 0.3) is 0 Å². The minimum Gasteiger partial charge on any atom is -0.454 e. The summed E-state index contributed by atoms with van der Waals surface area (Å²) in [4.78, 5) is 11.7. The van der Waals surface area contributed by atoms with Crippen LogP contribution in [0.1, 0.15) is 18.1 Å². The zero-order valence-electron chi connectivity index (χ0n) is 16.2. The minimum absolute atomic E-state index is 0.198. The van der Waals surface area contributed by atoms with E-state index in [2.05, 4.69) is 0 Å². The van der Waals surface area contributed by atoms with Gasteiger partial charge in [-0.05, 0) is 11.1 Å². The number of esters is 1. The van der Waals surface area contributed by atoms with Gasteiger partial charge in [-0.3, -0.25) is 4.79 Å². The van der Waals surface area contributed by atoms with Gasteiger partial charge in [0, 0.05) is 6.92 Å². The molecule has 29 heavy (non-hydrogen) atoms. The number of carbonyl (C=O) groups is 1. The van der Waals surface area contributed by atoms with Crippen LogP contribution >= 0.6 is 0 Å². The maximum Gasteiger partial charge on any atom is 0.303 e. The Labute approximate surface area is 169 Å². The number of carbonyl (C=O) groups excluding carboxylic acids is 1. The van der Waals surface area contributed by atoms with Crippen molar-refractivity contribution in [3.63, 3.8) is 0 Å². The molecule has 0 spiro atoms. The van der Waals surface area contributed by atoms with Crippen LogP contribution in [0.3, 0.4) is 0 Å². The normalized spacial score (nSPS) is 26.8. The second-order valence-corrected chi connectivity index (χ2v) is 6.85. The third-order valence-electron chi connectivity index (χ3n) is 4.64. The molecule has 7 nitrogen and oxygen atoms in total. The summed E-state index contributed by atoms with van der Waals surface area (Å²) < 4.78 is 22.8. The lowest BCUT2D eigenvalue weighted by Gasteiger charge is -2.43. The van der Waals surface area contributed by atoms with Crippen molar-refractivity contribution < 1.29 is 34.0 Å². The van der Waals surface area contributed by atoms with E-state index in [9.17, 15) is 15.0 Å². The lowest BCUT2D eigenvalue weighted by molar-refractivity contribution is -0.314. The summed E-state index contributed by atoms with van der Waals surface area (Å²) in [7, 11) is 0. The summed E-state index contributed by atoms with van der Waals surface area (Å²) in [5.74, 6) is -0.546. The van der Waals surface area contributed by atoms with E-state index in [0.717, 1.165) is 11.1 Å². The summed E-state index contributed by atoms with van der Waals surface area (Å²) in [6.45, 7) is 1.25. The summed E-state index contributed by atoms with van der Waals surface area (Å²) in [5, 5.41) is 20.3. The fourth-order valence-corrected chi connectivity index (χ4v) is 3.20. The summed E-state index contributed by atoms with van der Waals surface area (Å²) in [5.41, 5.74) is 1.81. The van der Waals surface area contributed by atoms with Crippen LogP contribution in [-0.4, -0.2) is 53.5 Å². The Balaban J connectivity index is 1.76. The number of rotatable bonds is 8. The molecule has 2 aromatic rings. The van der Waals surface area contributed by atoms with Crippen LogP contribution in [-0.2, 0) is 37.0 Å². The highest BCUT2D eigenvalue weighted by Crippen LogP contribution is 2.28. The van der Waals surface area contributed by atoms with Crippen LogP contribution in [0.4, 0.5) is 0 Å². The second kappa shape index (κ2) is 10.5. The van der Waals surface area contributed by atoms with Gasteiger partial charge in [-0.1, -0.05) is 60.7 Å². The van der Waals surface area contributed by atoms with Gasteiger partial charge < -0.3 is 29.2 Å². The van der Waals surface area contributed by atoms with E-state index < -0.39 is 43.3 Å². The van der Waals surface area contributed by atoms with Crippen molar-refractivity contribution in [1.82, 2.24) is 0 Å². The quantitative estimate of drug-likeness (QED) is 0.650. The first kappa shape index (κ1) is 21.4. The lowest BCUT2D eigenvalue weighted by atomic mass is 9.98. The number of aliphatic hydroxyl groups excluding tert-OH is 2. The van der Waals surface area contributed by atoms with Crippen molar-refractivity contribution >= 4 is 5.97 Å². The fourth-order valence-electron chi connectivity index (χ4n) is 3.20. The number of aliphatic hydroxyl groups is 2. The molecule has 0 amide bonds. The van der Waals surface area contributed by atoms with Crippen LogP contribution < -0.4 is 0 Å². The fraction of sp³-hybridized carbons (Fsp3) is 0.409. The van der Waals surface area contributed by atoms with Crippen molar-refractivity contribution in [3.8, 4) is 0 Å². The van der Waals surface area contributed by atoms with Crippen LogP contribution in [0.5, 0.6) is 0 Å². The molecule has 1 saturated heterocycles. The summed E-state index contributed by atoms with van der Waals surface area (Å²) in [6.07, 6.45) is -5.03. The molecule has 5 atom stereocenters. The molecule has 2 N–H and O–H groups in total. The Morgan fingerprint density at radius 3 is 2.00 bits per heavy atom. The van der Waals surface area contributed by atoms with E-state index in [1.807, 2.05) is 60.7 Å². The summed E-state index contributed by atoms with van der Waals surface area (Å²) >= 11 is 0. The predicted molar refractivity (Wildman–Crippen MR) is 104 cm³/mol. The monoisotopic (exact) mass is 402 g/mol. The van der Waals surface area contributed by atoms with Crippen molar-refractivity contribution in [3.05, 3.63) is 71.8 Å². The Morgan fingerprint density at radius 1 is 0.931 bits per heavy atom. The molecule has 1 aliphatic rings. The second-order valence-electron chi connectivity index (χ2n) is 6.85. The van der Waals surface area contributed by atoms with Gasteiger partial charge in [-0.15, -0.1) is 0 Å². The lowest BCUT2D eigenvalue weighted by Crippen LogP contribution is -2.61. The van der Waals surface area contributed by atoms with Gasteiger partial charge in [-0.2, -0.15) is 0 Å². The van der Waals surface area contributed by atoms with E-state index in [1.165, 1.54) is 6.92 Å². The van der Waals surface area contributed by atoms with Crippen molar-refractivity contribution in [2.24, 2.45) is 0 Å². The van der Waals surface area contributed by atoms with Crippen LogP contribution in [0, 0.1) is 0 Å². The predicted octanol–water partition coefficient (Wildman–Crippen LogP) is 1.80. The van der Waals surface area contributed by atoms with Gasteiger partial charge in [0.2, 0.25) is 0 Å². The van der Waals surface area contributed by atoms with Gasteiger partial charge in [-0.25, -0.2) is 0 Å². The highest BCUT2D eigenvalue weighted by molar-refractivity contribution is 5.66. The molecule has 1 heterocycles. The first-order chi connectivity index (χ1) is 14.1. The third-order valence-corrected chi connectivity index (χ3v) is 4.64. The Kier molecular flexibility index (Phi) is 7.74. The standard InChI is InChI=1S/C22H26O7/c1-15(24)28-21-20(26-13-16-8-4-2-5-9-16)19(25)18(12-23)29-22(21)27-14-17-10-6-3-7-11-17/h2-11,18-23,25H,12-14H2,1H3. The van der Waals surface area contributed by atoms with Crippen LogP contribution in [0.2, 0.25) is 0 Å². The van der Waals surface area contributed by atoms with E-state index in [0.29, 0.717) is 0 Å². The molecular weight excluding hydrogens is 376 g/mol. The maximum atomic E-state index is 11.7. The molecule has 0 aromatic heterocycles. The number of ether oxygens (including phenoxy) is 4. The molecule has 5 unspecified atom stereocenters. The van der Waals surface area contributed by atoms with Crippen molar-refractivity contribution in [1.29, 1.82) is 0 Å². The van der Waals surface area contributed by atoms with E-state index >= 15 is 0 Å². The molecule has 7 heteroatoms. The van der Waals surface area contributed by atoms with Crippen molar-refractivity contribution in [2.75, 3.05) is 6.61 Å². The minimum atomic E-state index is -1.19. The van der Waals surface area contributed by atoms with E-state index in [1.54, 1.807) is 0 Å². The zero-order chi connectivity index (χ0) is 20.6. The van der Waals surface area contributed by atoms with Gasteiger partial charge in [0.1, 0.15) is 18.3 Å². The average molecular weight is 402 g/mol. The van der Waals surface area contributed by atoms with Gasteiger partial charge >= 0.3 is 5.97 Å². The molecule has 0 aliphatic carbocycles. The SMILES string of the molecule is CC(=O)OC1C(OCc2ccccc2)OC(CO)C(O)C1OCc1ccccc1. The number of hydrogen-bond donors (Lipinski definition) is 2. The molecule has 1 aliphatic heterocycles. The molecule has 0 radical (unpaired) electrons. The maximum absolute atomic E-state index is 11.7. The zero-order valence-corrected chi connectivity index (χ0v) is 16.2. The molecule has 3 rings (SSSR count). The molecule has 0 saturated carbocycles. The van der Waals surface area contributed by atoms with E-state index in [-0.39, 0.29) is 13.2 Å². The number of benzene rings is 2. The van der Waals surface area contributed by atoms with E-state index in [4.69, 9.17) is 18.9 Å². The first-order valence-electron chi connectivity index (χ1n) is 9.51. The summed E-state index contributed by atoms with van der Waals surface area (Å²) in [6, 6.07) is 18.9. The van der Waals surface area contributed by atoms with Gasteiger partial charge in [0.25, 0.3) is 0 Å². The average Bonchev–Trinajstić information content (AvgIpc) is 2.74. The Morgan fingerprint density at radius 2 is 1.48 bits per heavy atom. The number of hydrogen-bond acceptors (Lipinski definition) is 7. The molecule has 1 fully saturated rings. The Hall–Kier alpha value is -2.29. The Bertz CT molecular complexity index is 752. The smallest absolute Gasteiger partial charge is 0.303 e. The third kappa shape index (κ3) is 5.85.